The molecule has 0 saturated carbocycles. The predicted molar refractivity (Wildman–Crippen MR) is 97.8 cm³/mol. The lowest BCUT2D eigenvalue weighted by atomic mass is 10.2. The fourth-order valence-corrected chi connectivity index (χ4v) is 3.85. The number of nitrogens with zero attached hydrogens (tertiary/aromatic N) is 2. The third-order valence-electron chi connectivity index (χ3n) is 5.27. The summed E-state index contributed by atoms with van der Waals surface area (Å²) in [5.74, 6) is 0. The van der Waals surface area contributed by atoms with Gasteiger partial charge in [0.25, 0.3) is 0 Å². The Morgan fingerprint density at radius 3 is 2.92 bits per heavy atom. The molecule has 6 heteroatoms. The molecule has 2 N–H and O–H groups in total. The van der Waals surface area contributed by atoms with Crippen molar-refractivity contribution in [1.82, 2.24) is 20.1 Å². The molecule has 2 fully saturated rings. The van der Waals surface area contributed by atoms with Gasteiger partial charge >= 0.3 is 6.03 Å². The van der Waals surface area contributed by atoms with Crippen LogP contribution in [0.4, 0.5) is 4.79 Å². The van der Waals surface area contributed by atoms with E-state index in [-0.39, 0.29) is 6.03 Å². The first-order valence-corrected chi connectivity index (χ1v) is 9.21. The fourth-order valence-electron chi connectivity index (χ4n) is 3.85. The van der Waals surface area contributed by atoms with Gasteiger partial charge in [0.05, 0.1) is 13.2 Å². The summed E-state index contributed by atoms with van der Waals surface area (Å²) in [7, 11) is 0. The van der Waals surface area contributed by atoms with Gasteiger partial charge in [0.15, 0.2) is 0 Å². The minimum Gasteiger partial charge on any atom is -0.379 e. The normalized spacial score (nSPS) is 21.8. The van der Waals surface area contributed by atoms with Crippen LogP contribution in [0.2, 0.25) is 0 Å². The van der Waals surface area contributed by atoms with Crippen LogP contribution in [0, 0.1) is 0 Å². The number of aromatic amines is 1. The summed E-state index contributed by atoms with van der Waals surface area (Å²) >= 11 is 0. The zero-order valence-corrected chi connectivity index (χ0v) is 14.5. The quantitative estimate of drug-likeness (QED) is 0.891. The Hall–Kier alpha value is -2.05. The number of benzene rings is 1. The highest BCUT2D eigenvalue weighted by molar-refractivity contribution is 5.80. The number of likely N-dealkylation sites (tertiary alicyclic amines) is 1. The fraction of sp³-hybridized carbons (Fsp3) is 0.526. The molecule has 1 atom stereocenters. The van der Waals surface area contributed by atoms with E-state index >= 15 is 0 Å². The van der Waals surface area contributed by atoms with Gasteiger partial charge < -0.3 is 19.9 Å². The van der Waals surface area contributed by atoms with Gasteiger partial charge in [-0.05, 0) is 23.9 Å². The number of morpholine rings is 1. The van der Waals surface area contributed by atoms with Crippen LogP contribution < -0.4 is 5.32 Å². The van der Waals surface area contributed by atoms with E-state index in [0.717, 1.165) is 63.4 Å². The second-order valence-electron chi connectivity index (χ2n) is 6.90. The molecule has 3 heterocycles. The van der Waals surface area contributed by atoms with Crippen LogP contribution in [-0.2, 0) is 11.2 Å². The molecule has 134 valence electrons. The zero-order valence-electron chi connectivity index (χ0n) is 14.5. The van der Waals surface area contributed by atoms with Gasteiger partial charge in [-0.15, -0.1) is 0 Å². The van der Waals surface area contributed by atoms with Crippen LogP contribution in [0.1, 0.15) is 12.1 Å². The Labute approximate surface area is 148 Å². The van der Waals surface area contributed by atoms with Crippen LogP contribution in [0.15, 0.2) is 30.3 Å². The van der Waals surface area contributed by atoms with Gasteiger partial charge in [0.1, 0.15) is 0 Å². The van der Waals surface area contributed by atoms with Crippen LogP contribution in [0.3, 0.4) is 0 Å². The molecule has 1 unspecified atom stereocenters. The first-order valence-electron chi connectivity index (χ1n) is 9.21. The van der Waals surface area contributed by atoms with E-state index in [4.69, 9.17) is 4.74 Å². The van der Waals surface area contributed by atoms with Gasteiger partial charge in [0.2, 0.25) is 0 Å². The molecule has 2 aliphatic heterocycles. The molecule has 6 nitrogen and oxygen atoms in total. The number of hydrogen-bond donors (Lipinski definition) is 2. The van der Waals surface area contributed by atoms with Gasteiger partial charge in [0, 0.05) is 56.4 Å². The van der Waals surface area contributed by atoms with Gasteiger partial charge in [-0.2, -0.15) is 0 Å². The lowest BCUT2D eigenvalue weighted by molar-refractivity contribution is 0.0191. The number of fused-ring (bicyclic) bond motifs is 1. The van der Waals surface area contributed by atoms with Crippen molar-refractivity contribution in [3.8, 4) is 0 Å². The van der Waals surface area contributed by atoms with E-state index in [2.05, 4.69) is 33.4 Å². The summed E-state index contributed by atoms with van der Waals surface area (Å²) in [5.41, 5.74) is 2.31. The molecule has 2 aliphatic rings. The SMILES string of the molecule is O=C(NCCc1cc2ccccc2[nH]1)N1CCC(N2CCOCC2)C1. The minimum atomic E-state index is 0.0619. The second-order valence-corrected chi connectivity index (χ2v) is 6.90. The number of rotatable bonds is 4. The van der Waals surface area contributed by atoms with E-state index < -0.39 is 0 Å². The van der Waals surface area contributed by atoms with E-state index in [9.17, 15) is 4.79 Å². The molecule has 0 radical (unpaired) electrons. The number of urea groups is 1. The smallest absolute Gasteiger partial charge is 0.317 e. The molecule has 0 bridgehead atoms. The highest BCUT2D eigenvalue weighted by Gasteiger charge is 2.30. The zero-order chi connectivity index (χ0) is 17.1. The third-order valence-corrected chi connectivity index (χ3v) is 5.27. The predicted octanol–water partition coefficient (Wildman–Crippen LogP) is 1.83. The third kappa shape index (κ3) is 3.80. The minimum absolute atomic E-state index is 0.0619. The Kier molecular flexibility index (Phi) is 4.90. The lowest BCUT2D eigenvalue weighted by Crippen LogP contribution is -2.46. The lowest BCUT2D eigenvalue weighted by Gasteiger charge is -2.32. The Balaban J connectivity index is 1.23. The van der Waals surface area contributed by atoms with Crippen LogP contribution in [0.5, 0.6) is 0 Å². The van der Waals surface area contributed by atoms with Crippen molar-refractivity contribution < 1.29 is 9.53 Å². The number of carbonyl (C=O) groups is 1. The standard InChI is InChI=1S/C19H26N4O2/c24-19(23-8-6-17(14-23)22-9-11-25-12-10-22)20-7-5-16-13-15-3-1-2-4-18(15)21-16/h1-4,13,17,21H,5-12,14H2,(H,20,24). The van der Waals surface area contributed by atoms with Gasteiger partial charge in [-0.25, -0.2) is 4.79 Å². The number of ether oxygens (including phenoxy) is 1. The molecular formula is C19H26N4O2. The number of carbonyl (C=O) groups excluding carboxylic acids is 1. The van der Waals surface area contributed by atoms with Crippen molar-refractivity contribution in [1.29, 1.82) is 0 Å². The maximum absolute atomic E-state index is 12.4. The first kappa shape index (κ1) is 16.4. The van der Waals surface area contributed by atoms with Crippen molar-refractivity contribution in [3.63, 3.8) is 0 Å². The number of para-hydroxylation sites is 1. The average Bonchev–Trinajstić information content (AvgIpc) is 3.29. The molecule has 2 amide bonds. The summed E-state index contributed by atoms with van der Waals surface area (Å²) in [5, 5.41) is 4.28. The van der Waals surface area contributed by atoms with Crippen molar-refractivity contribution >= 4 is 16.9 Å². The van der Waals surface area contributed by atoms with Crippen molar-refractivity contribution in [2.45, 2.75) is 18.9 Å². The molecule has 1 aromatic carbocycles. The van der Waals surface area contributed by atoms with Crippen molar-refractivity contribution in [3.05, 3.63) is 36.0 Å². The van der Waals surface area contributed by atoms with E-state index in [1.165, 1.54) is 5.39 Å². The molecule has 2 saturated heterocycles. The number of aromatic nitrogens is 1. The maximum Gasteiger partial charge on any atom is 0.317 e. The summed E-state index contributed by atoms with van der Waals surface area (Å²) in [6.07, 6.45) is 1.89. The first-order chi connectivity index (χ1) is 12.3. The summed E-state index contributed by atoms with van der Waals surface area (Å²) in [6.45, 7) is 5.93. The highest BCUT2D eigenvalue weighted by Crippen LogP contribution is 2.17. The molecule has 4 rings (SSSR count). The second kappa shape index (κ2) is 7.45. The Morgan fingerprint density at radius 2 is 2.08 bits per heavy atom. The Bertz CT molecular complexity index is 690. The molecule has 0 aliphatic carbocycles. The van der Waals surface area contributed by atoms with Crippen LogP contribution in [-0.4, -0.2) is 72.8 Å². The monoisotopic (exact) mass is 342 g/mol. The average molecular weight is 342 g/mol. The Morgan fingerprint density at radius 1 is 1.24 bits per heavy atom. The molecule has 25 heavy (non-hydrogen) atoms. The van der Waals surface area contributed by atoms with Gasteiger partial charge in [-0.3, -0.25) is 4.90 Å². The van der Waals surface area contributed by atoms with Crippen molar-refractivity contribution in [2.24, 2.45) is 0 Å². The number of H-pyrrole nitrogens is 1. The number of nitrogens with one attached hydrogen (secondary N) is 2. The number of amides is 2. The highest BCUT2D eigenvalue weighted by atomic mass is 16.5. The van der Waals surface area contributed by atoms with E-state index in [1.54, 1.807) is 0 Å². The van der Waals surface area contributed by atoms with Crippen molar-refractivity contribution in [2.75, 3.05) is 45.9 Å². The largest absolute Gasteiger partial charge is 0.379 e. The molecular weight excluding hydrogens is 316 g/mol. The molecule has 2 aromatic rings. The summed E-state index contributed by atoms with van der Waals surface area (Å²) in [6, 6.07) is 11.0. The summed E-state index contributed by atoms with van der Waals surface area (Å²) < 4.78 is 5.41. The van der Waals surface area contributed by atoms with Crippen LogP contribution in [0.25, 0.3) is 10.9 Å². The van der Waals surface area contributed by atoms with E-state index in [1.807, 2.05) is 17.0 Å². The van der Waals surface area contributed by atoms with Crippen LogP contribution >= 0.6 is 0 Å². The summed E-state index contributed by atoms with van der Waals surface area (Å²) in [4.78, 5) is 20.2. The maximum atomic E-state index is 12.4. The topological polar surface area (TPSA) is 60.6 Å². The molecule has 0 spiro atoms. The number of hydrogen-bond acceptors (Lipinski definition) is 3. The molecule has 1 aromatic heterocycles. The van der Waals surface area contributed by atoms with E-state index in [0.29, 0.717) is 12.6 Å². The van der Waals surface area contributed by atoms with Gasteiger partial charge in [-0.1, -0.05) is 18.2 Å².